The first-order valence-electron chi connectivity index (χ1n) is 6.79. The van der Waals surface area contributed by atoms with E-state index in [0.717, 1.165) is 31.7 Å². The molecule has 2 N–H and O–H groups in total. The van der Waals surface area contributed by atoms with E-state index in [2.05, 4.69) is 32.3 Å². The number of rotatable bonds is 5. The summed E-state index contributed by atoms with van der Waals surface area (Å²) in [4.78, 5) is 10.8. The van der Waals surface area contributed by atoms with Crippen molar-refractivity contribution < 1.29 is 5.11 Å². The number of likely N-dealkylation sites (tertiary alicyclic amines) is 1. The second kappa shape index (κ2) is 5.98. The predicted molar refractivity (Wildman–Crippen MR) is 77.1 cm³/mol. The predicted octanol–water partition coefficient (Wildman–Crippen LogP) is 1.27. The molecule has 0 saturated carbocycles. The smallest absolute Gasteiger partial charge is 0.222 e. The first-order valence-corrected chi connectivity index (χ1v) is 6.79. The van der Waals surface area contributed by atoms with Crippen molar-refractivity contribution in [2.45, 2.75) is 19.2 Å². The lowest BCUT2D eigenvalue weighted by Crippen LogP contribution is -2.49. The van der Waals surface area contributed by atoms with Crippen molar-refractivity contribution in [1.29, 1.82) is 0 Å². The van der Waals surface area contributed by atoms with Crippen LogP contribution < -0.4 is 5.32 Å². The zero-order valence-corrected chi connectivity index (χ0v) is 11.2. The normalized spacial score (nSPS) is 15.8. The van der Waals surface area contributed by atoms with Gasteiger partial charge in [-0.3, -0.25) is 4.90 Å². The van der Waals surface area contributed by atoms with Crippen LogP contribution in [0.15, 0.2) is 42.7 Å². The summed E-state index contributed by atoms with van der Waals surface area (Å²) in [6.45, 7) is 3.01. The van der Waals surface area contributed by atoms with Gasteiger partial charge in [0.1, 0.15) is 0 Å². The van der Waals surface area contributed by atoms with E-state index in [1.54, 1.807) is 0 Å². The average molecular weight is 270 g/mol. The molecule has 1 aliphatic rings. The van der Waals surface area contributed by atoms with Crippen LogP contribution >= 0.6 is 0 Å². The summed E-state index contributed by atoms with van der Waals surface area (Å²) in [7, 11) is 0. The molecular formula is C15H18N4O. The minimum Gasteiger partial charge on any atom is -0.390 e. The summed E-state index contributed by atoms with van der Waals surface area (Å²) in [5, 5.41) is 12.4. The van der Waals surface area contributed by atoms with Crippen molar-refractivity contribution in [3.63, 3.8) is 0 Å². The fourth-order valence-corrected chi connectivity index (χ4v) is 2.23. The molecule has 0 bridgehead atoms. The Hall–Kier alpha value is -1.98. The lowest BCUT2D eigenvalue weighted by Gasteiger charge is -2.35. The van der Waals surface area contributed by atoms with Crippen LogP contribution in [-0.4, -0.2) is 39.2 Å². The van der Waals surface area contributed by atoms with Gasteiger partial charge < -0.3 is 10.4 Å². The molecule has 5 heteroatoms. The molecule has 1 aromatic heterocycles. The fraction of sp³-hybridized carbons (Fsp3) is 0.333. The van der Waals surface area contributed by atoms with Gasteiger partial charge in [-0.15, -0.1) is 0 Å². The Kier molecular flexibility index (Phi) is 3.90. The Balaban J connectivity index is 1.51. The lowest BCUT2D eigenvalue weighted by atomic mass is 10.1. The monoisotopic (exact) mass is 270 g/mol. The van der Waals surface area contributed by atoms with Crippen molar-refractivity contribution in [3.05, 3.63) is 53.9 Å². The Morgan fingerprint density at radius 1 is 1.10 bits per heavy atom. The first-order chi connectivity index (χ1) is 9.79. The SMILES string of the molecule is OC1CN(Cc2cnc(NCc3ccccc3)nc2)C1. The van der Waals surface area contributed by atoms with Gasteiger partial charge in [-0.25, -0.2) is 9.97 Å². The quantitative estimate of drug-likeness (QED) is 0.856. The van der Waals surface area contributed by atoms with Crippen molar-refractivity contribution in [1.82, 2.24) is 14.9 Å². The highest BCUT2D eigenvalue weighted by Crippen LogP contribution is 2.12. The van der Waals surface area contributed by atoms with Gasteiger partial charge in [0, 0.05) is 44.1 Å². The highest BCUT2D eigenvalue weighted by atomic mass is 16.3. The van der Waals surface area contributed by atoms with Crippen molar-refractivity contribution in [2.75, 3.05) is 18.4 Å². The molecular weight excluding hydrogens is 252 g/mol. The van der Waals surface area contributed by atoms with Crippen LogP contribution in [0.3, 0.4) is 0 Å². The number of β-amino-alcohol motifs (C(OH)–C–C–N with tert-alkyl or cyclic N) is 1. The maximum Gasteiger partial charge on any atom is 0.222 e. The maximum absolute atomic E-state index is 9.24. The molecule has 104 valence electrons. The van der Waals surface area contributed by atoms with Gasteiger partial charge in [0.25, 0.3) is 0 Å². The maximum atomic E-state index is 9.24. The fourth-order valence-electron chi connectivity index (χ4n) is 2.23. The number of aliphatic hydroxyl groups is 1. The molecule has 0 aliphatic carbocycles. The molecule has 20 heavy (non-hydrogen) atoms. The molecule has 2 aromatic rings. The molecule has 0 radical (unpaired) electrons. The summed E-state index contributed by atoms with van der Waals surface area (Å²) in [5.41, 5.74) is 2.27. The second-order valence-electron chi connectivity index (χ2n) is 5.10. The molecule has 1 aromatic carbocycles. The van der Waals surface area contributed by atoms with Crippen LogP contribution in [0.1, 0.15) is 11.1 Å². The molecule has 0 amide bonds. The van der Waals surface area contributed by atoms with E-state index in [-0.39, 0.29) is 6.10 Å². The van der Waals surface area contributed by atoms with E-state index >= 15 is 0 Å². The third kappa shape index (κ3) is 3.31. The van der Waals surface area contributed by atoms with Crippen molar-refractivity contribution in [3.8, 4) is 0 Å². The number of anilines is 1. The Morgan fingerprint density at radius 3 is 2.45 bits per heavy atom. The minimum atomic E-state index is -0.164. The molecule has 5 nitrogen and oxygen atoms in total. The summed E-state index contributed by atoms with van der Waals surface area (Å²) < 4.78 is 0. The number of benzene rings is 1. The molecule has 2 heterocycles. The van der Waals surface area contributed by atoms with E-state index in [1.807, 2.05) is 30.6 Å². The third-order valence-electron chi connectivity index (χ3n) is 3.34. The molecule has 0 atom stereocenters. The van der Waals surface area contributed by atoms with Gasteiger partial charge in [-0.2, -0.15) is 0 Å². The molecule has 1 aliphatic heterocycles. The van der Waals surface area contributed by atoms with E-state index in [1.165, 1.54) is 5.56 Å². The highest BCUT2D eigenvalue weighted by Gasteiger charge is 2.23. The van der Waals surface area contributed by atoms with Crippen LogP contribution in [0.25, 0.3) is 0 Å². The van der Waals surface area contributed by atoms with E-state index < -0.39 is 0 Å². The first kappa shape index (κ1) is 13.0. The van der Waals surface area contributed by atoms with E-state index in [4.69, 9.17) is 0 Å². The number of nitrogens with one attached hydrogen (secondary N) is 1. The second-order valence-corrected chi connectivity index (χ2v) is 5.10. The zero-order valence-electron chi connectivity index (χ0n) is 11.2. The lowest BCUT2D eigenvalue weighted by molar-refractivity contribution is -0.00297. The van der Waals surface area contributed by atoms with E-state index in [9.17, 15) is 5.11 Å². The van der Waals surface area contributed by atoms with E-state index in [0.29, 0.717) is 5.95 Å². The summed E-state index contributed by atoms with van der Waals surface area (Å²) in [6, 6.07) is 10.2. The topological polar surface area (TPSA) is 61.3 Å². The number of nitrogens with zero attached hydrogens (tertiary/aromatic N) is 3. The summed E-state index contributed by atoms with van der Waals surface area (Å²) >= 11 is 0. The number of aromatic nitrogens is 2. The zero-order chi connectivity index (χ0) is 13.8. The number of hydrogen-bond acceptors (Lipinski definition) is 5. The van der Waals surface area contributed by atoms with Gasteiger partial charge in [0.2, 0.25) is 5.95 Å². The van der Waals surface area contributed by atoms with Gasteiger partial charge in [0.15, 0.2) is 0 Å². The molecule has 0 unspecified atom stereocenters. The summed E-state index contributed by atoms with van der Waals surface area (Å²) in [5.74, 6) is 0.640. The summed E-state index contributed by atoms with van der Waals surface area (Å²) in [6.07, 6.45) is 3.51. The van der Waals surface area contributed by atoms with Gasteiger partial charge >= 0.3 is 0 Å². The Bertz CT molecular complexity index is 538. The van der Waals surface area contributed by atoms with Gasteiger partial charge in [0.05, 0.1) is 6.10 Å². The molecule has 1 fully saturated rings. The minimum absolute atomic E-state index is 0.164. The number of aliphatic hydroxyl groups excluding tert-OH is 1. The van der Waals surface area contributed by atoms with Crippen molar-refractivity contribution >= 4 is 5.95 Å². The Labute approximate surface area is 118 Å². The van der Waals surface area contributed by atoms with Crippen LogP contribution in [0, 0.1) is 0 Å². The van der Waals surface area contributed by atoms with Crippen molar-refractivity contribution in [2.24, 2.45) is 0 Å². The molecule has 1 saturated heterocycles. The van der Waals surface area contributed by atoms with Gasteiger partial charge in [-0.05, 0) is 5.56 Å². The standard InChI is InChI=1S/C15H18N4O/c20-14-10-19(11-14)9-13-7-17-15(18-8-13)16-6-12-4-2-1-3-5-12/h1-5,7-8,14,20H,6,9-11H2,(H,16,17,18). The van der Waals surface area contributed by atoms with Crippen LogP contribution in [-0.2, 0) is 13.1 Å². The molecule has 0 spiro atoms. The third-order valence-corrected chi connectivity index (χ3v) is 3.34. The highest BCUT2D eigenvalue weighted by molar-refractivity contribution is 5.27. The average Bonchev–Trinajstić information content (AvgIpc) is 2.46. The number of hydrogen-bond donors (Lipinski definition) is 2. The molecule has 3 rings (SSSR count). The van der Waals surface area contributed by atoms with Gasteiger partial charge in [-0.1, -0.05) is 30.3 Å². The van der Waals surface area contributed by atoms with Crippen LogP contribution in [0.5, 0.6) is 0 Å². The largest absolute Gasteiger partial charge is 0.390 e. The van der Waals surface area contributed by atoms with Crippen LogP contribution in [0.4, 0.5) is 5.95 Å². The Morgan fingerprint density at radius 2 is 1.80 bits per heavy atom. The van der Waals surface area contributed by atoms with Crippen LogP contribution in [0.2, 0.25) is 0 Å².